The smallest absolute Gasteiger partial charge is 0.214 e. The predicted molar refractivity (Wildman–Crippen MR) is 57.7 cm³/mol. The minimum absolute atomic E-state index is 0. The minimum Gasteiger partial charge on any atom is -0.325 e. The number of hydrogen-bond acceptors (Lipinski definition) is 3. The van der Waals surface area contributed by atoms with E-state index in [4.69, 9.17) is 10.9 Å². The Kier molecular flexibility index (Phi) is 2.91. The normalized spacial score (nSPS) is 41.9. The summed E-state index contributed by atoms with van der Waals surface area (Å²) in [6, 6.07) is 0. The molecule has 0 aromatic heterocycles. The highest BCUT2D eigenvalue weighted by Crippen LogP contribution is 2.48. The lowest BCUT2D eigenvalue weighted by Gasteiger charge is -2.50. The molecule has 0 aromatic rings. The Hall–Kier alpha value is 0.160. The lowest BCUT2D eigenvalue weighted by Crippen LogP contribution is -2.59. The molecule has 3 saturated carbocycles. The first-order valence-electron chi connectivity index (χ1n) is 4.68. The molecule has 0 saturated heterocycles. The Morgan fingerprint density at radius 2 is 1.29 bits per heavy atom. The molecule has 84 valence electrons. The molecule has 0 spiro atoms. The van der Waals surface area contributed by atoms with Crippen LogP contribution < -0.4 is 10.9 Å². The van der Waals surface area contributed by atoms with Crippen molar-refractivity contribution in [3.63, 3.8) is 0 Å². The predicted octanol–water partition coefficient (Wildman–Crippen LogP) is 0.501. The molecule has 0 atom stereocenters. The fourth-order valence-corrected chi connectivity index (χ4v) is 3.77. The highest BCUT2D eigenvalue weighted by molar-refractivity contribution is 7.90. The van der Waals surface area contributed by atoms with Crippen molar-refractivity contribution in [1.82, 2.24) is 0 Å². The second-order valence-electron chi connectivity index (χ2n) is 4.59. The molecule has 0 aliphatic heterocycles. The molecule has 3 aliphatic carbocycles. The molecular formula is C8H17ClN2O2S. The van der Waals surface area contributed by atoms with Gasteiger partial charge in [-0.25, -0.2) is 13.6 Å². The van der Waals surface area contributed by atoms with Crippen molar-refractivity contribution >= 4 is 22.4 Å². The minimum atomic E-state index is -3.38. The number of primary sulfonamides is 1. The van der Waals surface area contributed by atoms with Crippen LogP contribution in [-0.2, 0) is 10.0 Å². The van der Waals surface area contributed by atoms with Gasteiger partial charge in [-0.1, -0.05) is 0 Å². The quantitative estimate of drug-likeness (QED) is 0.700. The van der Waals surface area contributed by atoms with Gasteiger partial charge in [0.25, 0.3) is 0 Å². The Balaban J connectivity index is 0.000000980. The Morgan fingerprint density at radius 3 is 1.57 bits per heavy atom. The Morgan fingerprint density at radius 1 is 0.929 bits per heavy atom. The van der Waals surface area contributed by atoms with Crippen LogP contribution in [0.2, 0.25) is 0 Å². The highest BCUT2D eigenvalue weighted by Gasteiger charge is 2.52. The van der Waals surface area contributed by atoms with Gasteiger partial charge < -0.3 is 5.73 Å². The van der Waals surface area contributed by atoms with E-state index in [0.717, 1.165) is 19.3 Å². The second-order valence-corrected chi connectivity index (χ2v) is 6.55. The average molecular weight is 241 g/mol. The summed E-state index contributed by atoms with van der Waals surface area (Å²) in [5.41, 5.74) is 5.97. The van der Waals surface area contributed by atoms with Crippen LogP contribution in [0.25, 0.3) is 0 Å². The van der Waals surface area contributed by atoms with E-state index < -0.39 is 14.8 Å². The van der Waals surface area contributed by atoms with Crippen LogP contribution in [0.4, 0.5) is 0 Å². The molecule has 3 aliphatic rings. The molecule has 4 nitrogen and oxygen atoms in total. The summed E-state index contributed by atoms with van der Waals surface area (Å²) in [6.07, 6.45) is 4.39. The molecule has 3 fully saturated rings. The Labute approximate surface area is 90.9 Å². The zero-order valence-electron chi connectivity index (χ0n) is 8.03. The first-order valence-corrected chi connectivity index (χ1v) is 6.23. The summed E-state index contributed by atoms with van der Waals surface area (Å²) >= 11 is 0. The number of sulfonamides is 1. The van der Waals surface area contributed by atoms with E-state index in [1.807, 2.05) is 0 Å². The molecule has 6 heteroatoms. The summed E-state index contributed by atoms with van der Waals surface area (Å²) in [6.45, 7) is 0. The highest BCUT2D eigenvalue weighted by atomic mass is 35.5. The fourth-order valence-electron chi connectivity index (χ4n) is 2.61. The van der Waals surface area contributed by atoms with Crippen molar-refractivity contribution in [3.05, 3.63) is 0 Å². The molecule has 0 heterocycles. The zero-order valence-corrected chi connectivity index (χ0v) is 9.66. The third-order valence-corrected chi connectivity index (χ3v) is 5.66. The largest absolute Gasteiger partial charge is 0.325 e. The van der Waals surface area contributed by atoms with Crippen molar-refractivity contribution in [2.75, 3.05) is 0 Å². The maximum atomic E-state index is 11.4. The molecule has 4 N–H and O–H groups in total. The van der Waals surface area contributed by atoms with Crippen LogP contribution in [0.3, 0.4) is 0 Å². The van der Waals surface area contributed by atoms with Crippen LogP contribution in [-0.4, -0.2) is 18.7 Å². The molecule has 14 heavy (non-hydrogen) atoms. The summed E-state index contributed by atoms with van der Waals surface area (Å²) in [5, 5.41) is 5.25. The number of nitrogens with two attached hydrogens (primary N) is 2. The number of fused-ring (bicyclic) bond motifs is 3. The molecule has 0 aromatic carbocycles. The van der Waals surface area contributed by atoms with E-state index in [0.29, 0.717) is 19.3 Å². The van der Waals surface area contributed by atoms with Gasteiger partial charge in [0.1, 0.15) is 0 Å². The van der Waals surface area contributed by atoms with Gasteiger partial charge in [0, 0.05) is 5.54 Å². The van der Waals surface area contributed by atoms with E-state index in [2.05, 4.69) is 0 Å². The van der Waals surface area contributed by atoms with E-state index >= 15 is 0 Å². The zero-order chi connectivity index (χ0) is 9.74. The lowest BCUT2D eigenvalue weighted by atomic mass is 9.66. The van der Waals surface area contributed by atoms with Gasteiger partial charge in [-0.05, 0) is 38.5 Å². The van der Waals surface area contributed by atoms with E-state index in [1.165, 1.54) is 0 Å². The number of halogens is 1. The monoisotopic (exact) mass is 240 g/mol. The van der Waals surface area contributed by atoms with Gasteiger partial charge in [0.05, 0.1) is 4.75 Å². The van der Waals surface area contributed by atoms with Crippen molar-refractivity contribution in [2.45, 2.75) is 48.8 Å². The molecule has 3 rings (SSSR count). The summed E-state index contributed by atoms with van der Waals surface area (Å²) in [7, 11) is -3.38. The standard InChI is InChI=1S/C8H16N2O2S.ClH/c9-7-1-4-8(5-2-7,6-3-7)13(10,11)12;/h1-6,9H2,(H2,10,11,12);1H. The van der Waals surface area contributed by atoms with E-state index in [1.54, 1.807) is 0 Å². The number of rotatable bonds is 1. The lowest BCUT2D eigenvalue weighted by molar-refractivity contribution is 0.157. The third kappa shape index (κ3) is 1.66. The van der Waals surface area contributed by atoms with Gasteiger partial charge in [-0.2, -0.15) is 0 Å². The van der Waals surface area contributed by atoms with Gasteiger partial charge in [-0.3, -0.25) is 0 Å². The summed E-state index contributed by atoms with van der Waals surface area (Å²) in [5.74, 6) is 0. The molecule has 0 amide bonds. The van der Waals surface area contributed by atoms with E-state index in [-0.39, 0.29) is 17.9 Å². The maximum Gasteiger partial charge on any atom is 0.214 e. The Bertz CT molecular complexity index is 304. The first-order chi connectivity index (χ1) is 5.87. The number of hydrogen-bond donors (Lipinski definition) is 2. The molecule has 0 unspecified atom stereocenters. The summed E-state index contributed by atoms with van der Waals surface area (Å²) < 4.78 is 22.2. The fraction of sp³-hybridized carbons (Fsp3) is 1.00. The molecule has 2 bridgehead atoms. The molecule has 0 radical (unpaired) electrons. The van der Waals surface area contributed by atoms with Gasteiger partial charge in [-0.15, -0.1) is 12.4 Å². The van der Waals surface area contributed by atoms with Crippen molar-refractivity contribution < 1.29 is 8.42 Å². The topological polar surface area (TPSA) is 86.2 Å². The van der Waals surface area contributed by atoms with Crippen LogP contribution in [0.5, 0.6) is 0 Å². The molecular weight excluding hydrogens is 224 g/mol. The maximum absolute atomic E-state index is 11.4. The third-order valence-electron chi connectivity index (χ3n) is 3.84. The van der Waals surface area contributed by atoms with E-state index in [9.17, 15) is 8.42 Å². The van der Waals surface area contributed by atoms with Gasteiger partial charge in [0.15, 0.2) is 0 Å². The van der Waals surface area contributed by atoms with Crippen LogP contribution in [0.1, 0.15) is 38.5 Å². The first kappa shape index (κ1) is 12.2. The SMILES string of the molecule is Cl.NC12CCC(S(N)(=O)=O)(CC1)CC2. The van der Waals surface area contributed by atoms with Gasteiger partial charge >= 0.3 is 0 Å². The van der Waals surface area contributed by atoms with Crippen LogP contribution >= 0.6 is 12.4 Å². The van der Waals surface area contributed by atoms with Crippen LogP contribution in [0.15, 0.2) is 0 Å². The van der Waals surface area contributed by atoms with Crippen molar-refractivity contribution in [3.8, 4) is 0 Å². The average Bonchev–Trinajstić information content (AvgIpc) is 2.04. The summed E-state index contributed by atoms with van der Waals surface area (Å²) in [4.78, 5) is 0. The van der Waals surface area contributed by atoms with Crippen molar-refractivity contribution in [2.24, 2.45) is 10.9 Å². The van der Waals surface area contributed by atoms with Gasteiger partial charge in [0.2, 0.25) is 10.0 Å². The van der Waals surface area contributed by atoms with Crippen LogP contribution in [0, 0.1) is 0 Å². The van der Waals surface area contributed by atoms with Crippen molar-refractivity contribution in [1.29, 1.82) is 0 Å². The second kappa shape index (κ2) is 3.33.